The Labute approximate surface area is 133 Å². The van der Waals surface area contributed by atoms with Crippen LogP contribution in [0.5, 0.6) is 0 Å². The fourth-order valence-electron chi connectivity index (χ4n) is 3.78. The standard InChI is InChI=1S/C18H26Cl2/c1-12(2)11-18(7-5-6-8-18)17(20)15-9-13(3)14(4)10-16(15)19/h9-10,12,17H,5-8,11H2,1-4H3. The Morgan fingerprint density at radius 1 is 1.10 bits per heavy atom. The van der Waals surface area contributed by atoms with Crippen LogP contribution in [0.4, 0.5) is 0 Å². The second-order valence-corrected chi connectivity index (χ2v) is 7.83. The Bertz CT molecular complexity index is 471. The van der Waals surface area contributed by atoms with Crippen molar-refractivity contribution in [2.45, 2.75) is 65.2 Å². The van der Waals surface area contributed by atoms with Crippen molar-refractivity contribution in [1.29, 1.82) is 0 Å². The maximum Gasteiger partial charge on any atom is 0.0656 e. The van der Waals surface area contributed by atoms with Gasteiger partial charge in [0.1, 0.15) is 0 Å². The molecule has 1 atom stereocenters. The van der Waals surface area contributed by atoms with E-state index in [9.17, 15) is 0 Å². The van der Waals surface area contributed by atoms with Crippen LogP contribution in [0.3, 0.4) is 0 Å². The minimum Gasteiger partial charge on any atom is -0.117 e. The molecule has 0 heterocycles. The highest BCUT2D eigenvalue weighted by Crippen LogP contribution is 2.55. The summed E-state index contributed by atoms with van der Waals surface area (Å²) in [5.74, 6) is 0.680. The summed E-state index contributed by atoms with van der Waals surface area (Å²) in [5, 5.41) is 0.877. The molecule has 112 valence electrons. The molecule has 0 N–H and O–H groups in total. The van der Waals surface area contributed by atoms with E-state index in [0.29, 0.717) is 5.92 Å². The molecule has 0 bridgehead atoms. The van der Waals surface area contributed by atoms with Crippen molar-refractivity contribution in [3.8, 4) is 0 Å². The number of benzene rings is 1. The predicted octanol–water partition coefficient (Wildman–Crippen LogP) is 6.84. The van der Waals surface area contributed by atoms with Gasteiger partial charge in [-0.25, -0.2) is 0 Å². The molecule has 1 saturated carbocycles. The molecule has 0 nitrogen and oxygen atoms in total. The van der Waals surface area contributed by atoms with E-state index in [2.05, 4.69) is 39.8 Å². The number of halogens is 2. The van der Waals surface area contributed by atoms with E-state index < -0.39 is 0 Å². The molecule has 1 fully saturated rings. The van der Waals surface area contributed by atoms with Crippen LogP contribution in [0.1, 0.15) is 68.0 Å². The summed E-state index contributed by atoms with van der Waals surface area (Å²) in [6.07, 6.45) is 6.28. The SMILES string of the molecule is Cc1cc(Cl)c(C(Cl)C2(CC(C)C)CCCC2)cc1C. The van der Waals surface area contributed by atoms with E-state index in [4.69, 9.17) is 23.2 Å². The fraction of sp³-hybridized carbons (Fsp3) is 0.667. The third kappa shape index (κ3) is 3.17. The monoisotopic (exact) mass is 312 g/mol. The van der Waals surface area contributed by atoms with Crippen molar-refractivity contribution in [2.24, 2.45) is 11.3 Å². The van der Waals surface area contributed by atoms with Gasteiger partial charge in [-0.2, -0.15) is 0 Å². The minimum atomic E-state index is 0.0409. The van der Waals surface area contributed by atoms with Crippen molar-refractivity contribution in [3.05, 3.63) is 33.8 Å². The Hall–Kier alpha value is -0.200. The second-order valence-electron chi connectivity index (χ2n) is 6.99. The third-order valence-corrected chi connectivity index (χ3v) is 5.86. The van der Waals surface area contributed by atoms with E-state index in [0.717, 1.165) is 10.6 Å². The van der Waals surface area contributed by atoms with Crippen molar-refractivity contribution in [1.82, 2.24) is 0 Å². The molecule has 0 spiro atoms. The molecule has 0 aromatic heterocycles. The van der Waals surface area contributed by atoms with Gasteiger partial charge in [-0.1, -0.05) is 44.4 Å². The summed E-state index contributed by atoms with van der Waals surface area (Å²) in [6.45, 7) is 8.84. The molecular weight excluding hydrogens is 287 g/mol. The van der Waals surface area contributed by atoms with Gasteiger partial charge in [0.2, 0.25) is 0 Å². The number of alkyl halides is 1. The third-order valence-electron chi connectivity index (χ3n) is 4.84. The summed E-state index contributed by atoms with van der Waals surface area (Å²) in [6, 6.07) is 4.27. The van der Waals surface area contributed by atoms with Gasteiger partial charge in [0.15, 0.2) is 0 Å². The molecule has 0 aliphatic heterocycles. The topological polar surface area (TPSA) is 0 Å². The lowest BCUT2D eigenvalue weighted by Crippen LogP contribution is -2.25. The molecule has 2 rings (SSSR count). The van der Waals surface area contributed by atoms with E-state index in [-0.39, 0.29) is 10.8 Å². The molecule has 2 heteroatoms. The van der Waals surface area contributed by atoms with E-state index in [1.54, 1.807) is 0 Å². The van der Waals surface area contributed by atoms with Gasteiger partial charge in [-0.05, 0) is 67.2 Å². The van der Waals surface area contributed by atoms with Crippen LogP contribution in [-0.4, -0.2) is 0 Å². The fourth-order valence-corrected chi connectivity index (χ4v) is 4.65. The molecule has 0 radical (unpaired) electrons. The molecule has 1 aliphatic rings. The van der Waals surface area contributed by atoms with Crippen molar-refractivity contribution >= 4 is 23.2 Å². The number of hydrogen-bond donors (Lipinski definition) is 0. The second kappa shape index (κ2) is 6.28. The molecule has 1 unspecified atom stereocenters. The smallest absolute Gasteiger partial charge is 0.0656 e. The maximum absolute atomic E-state index is 6.96. The minimum absolute atomic E-state index is 0.0409. The molecular formula is C18H26Cl2. The first kappa shape index (κ1) is 16.2. The van der Waals surface area contributed by atoms with E-state index in [1.807, 2.05) is 0 Å². The molecule has 1 aromatic carbocycles. The highest BCUT2D eigenvalue weighted by molar-refractivity contribution is 6.33. The van der Waals surface area contributed by atoms with Crippen LogP contribution in [0, 0.1) is 25.2 Å². The highest BCUT2D eigenvalue weighted by atomic mass is 35.5. The van der Waals surface area contributed by atoms with Crippen molar-refractivity contribution < 1.29 is 0 Å². The quantitative estimate of drug-likeness (QED) is 0.534. The summed E-state index contributed by atoms with van der Waals surface area (Å²) >= 11 is 13.4. The van der Waals surface area contributed by atoms with Crippen LogP contribution in [0.25, 0.3) is 0 Å². The largest absolute Gasteiger partial charge is 0.117 e. The number of rotatable bonds is 4. The lowest BCUT2D eigenvalue weighted by Gasteiger charge is -2.36. The molecule has 0 amide bonds. The zero-order valence-electron chi connectivity index (χ0n) is 13.1. The van der Waals surface area contributed by atoms with Gasteiger partial charge in [-0.3, -0.25) is 0 Å². The maximum atomic E-state index is 6.96. The molecule has 0 saturated heterocycles. The lowest BCUT2D eigenvalue weighted by molar-refractivity contribution is 0.223. The number of aryl methyl sites for hydroxylation is 2. The predicted molar refractivity (Wildman–Crippen MR) is 89.9 cm³/mol. The Morgan fingerprint density at radius 3 is 2.20 bits per heavy atom. The van der Waals surface area contributed by atoms with Gasteiger partial charge in [0.25, 0.3) is 0 Å². The van der Waals surface area contributed by atoms with Crippen molar-refractivity contribution in [2.75, 3.05) is 0 Å². The normalized spacial score (nSPS) is 19.6. The lowest BCUT2D eigenvalue weighted by atomic mass is 9.73. The first-order valence-corrected chi connectivity index (χ1v) is 8.58. The van der Waals surface area contributed by atoms with Gasteiger partial charge in [-0.15, -0.1) is 11.6 Å². The number of hydrogen-bond acceptors (Lipinski definition) is 0. The highest BCUT2D eigenvalue weighted by Gasteiger charge is 2.42. The van der Waals surface area contributed by atoms with Crippen molar-refractivity contribution in [3.63, 3.8) is 0 Å². The average Bonchev–Trinajstić information content (AvgIpc) is 2.81. The zero-order chi connectivity index (χ0) is 14.9. The van der Waals surface area contributed by atoms with Crippen LogP contribution in [0.2, 0.25) is 5.02 Å². The Morgan fingerprint density at radius 2 is 1.65 bits per heavy atom. The molecule has 20 heavy (non-hydrogen) atoms. The molecule has 1 aromatic rings. The van der Waals surface area contributed by atoms with E-state index in [1.165, 1.54) is 43.2 Å². The van der Waals surface area contributed by atoms with Gasteiger partial charge >= 0.3 is 0 Å². The summed E-state index contributed by atoms with van der Waals surface area (Å²) in [4.78, 5) is 0. The summed E-state index contributed by atoms with van der Waals surface area (Å²) < 4.78 is 0. The van der Waals surface area contributed by atoms with Crippen LogP contribution >= 0.6 is 23.2 Å². The van der Waals surface area contributed by atoms with E-state index >= 15 is 0 Å². The Kier molecular flexibility index (Phi) is 5.08. The molecule has 1 aliphatic carbocycles. The first-order valence-electron chi connectivity index (χ1n) is 7.76. The van der Waals surface area contributed by atoms with Gasteiger partial charge in [0, 0.05) is 5.02 Å². The van der Waals surface area contributed by atoms with Gasteiger partial charge < -0.3 is 0 Å². The van der Waals surface area contributed by atoms with Crippen LogP contribution < -0.4 is 0 Å². The summed E-state index contributed by atoms with van der Waals surface area (Å²) in [5.41, 5.74) is 3.90. The zero-order valence-corrected chi connectivity index (χ0v) is 14.6. The van der Waals surface area contributed by atoms with Crippen LogP contribution in [0.15, 0.2) is 12.1 Å². The van der Waals surface area contributed by atoms with Crippen LogP contribution in [-0.2, 0) is 0 Å². The Balaban J connectivity index is 2.37. The van der Waals surface area contributed by atoms with Gasteiger partial charge in [0.05, 0.1) is 5.38 Å². The average molecular weight is 313 g/mol. The summed E-state index contributed by atoms with van der Waals surface area (Å²) in [7, 11) is 0. The first-order chi connectivity index (χ1) is 9.35.